The Morgan fingerprint density at radius 1 is 1.17 bits per heavy atom. The molecule has 2 amide bonds. The third kappa shape index (κ3) is 4.30. The number of aromatic nitrogens is 3. The molecule has 0 unspecified atom stereocenters. The summed E-state index contributed by atoms with van der Waals surface area (Å²) in [4.78, 5) is 28.9. The minimum absolute atomic E-state index is 0.274. The van der Waals surface area contributed by atoms with Crippen molar-refractivity contribution < 1.29 is 4.79 Å². The first-order valence-electron chi connectivity index (χ1n) is 11.1. The van der Waals surface area contributed by atoms with E-state index in [0.717, 1.165) is 32.6 Å². The molecule has 0 spiro atoms. The molecular formula is C26H21N7OS. The number of benzene rings is 2. The Labute approximate surface area is 206 Å². The Kier molecular flexibility index (Phi) is 5.64. The summed E-state index contributed by atoms with van der Waals surface area (Å²) in [6.45, 7) is 4.71. The monoisotopic (exact) mass is 479 g/mol. The van der Waals surface area contributed by atoms with E-state index in [1.54, 1.807) is 23.4 Å². The number of likely N-dealkylation sites (tertiary alicyclic amines) is 1. The number of carbonyl (C=O) groups is 1. The van der Waals surface area contributed by atoms with Crippen molar-refractivity contribution in [3.05, 3.63) is 60.0 Å². The van der Waals surface area contributed by atoms with Crippen molar-refractivity contribution in [1.82, 2.24) is 19.9 Å². The number of nitrogens with one attached hydrogen (secondary N) is 1. The SMILES string of the molecule is Cc1ncnc2ccc(-c3sc(NC(=O)N4CC[C@](C)(C#N)C4)nc3-c3cccc(C#N)c3)cc12. The molecule has 1 N–H and O–H groups in total. The average molecular weight is 480 g/mol. The van der Waals surface area contributed by atoms with Gasteiger partial charge in [-0.15, -0.1) is 0 Å². The predicted molar refractivity (Wildman–Crippen MR) is 134 cm³/mol. The number of anilines is 1. The highest BCUT2D eigenvalue weighted by atomic mass is 32.1. The quantitative estimate of drug-likeness (QED) is 0.422. The summed E-state index contributed by atoms with van der Waals surface area (Å²) in [5, 5.41) is 23.1. The number of amides is 2. The van der Waals surface area contributed by atoms with E-state index in [4.69, 9.17) is 4.98 Å². The maximum atomic E-state index is 12.9. The molecule has 2 aromatic carbocycles. The number of aryl methyl sites for hydroxylation is 1. The molecule has 4 aromatic rings. The van der Waals surface area contributed by atoms with Crippen LogP contribution in [-0.2, 0) is 0 Å². The van der Waals surface area contributed by atoms with Crippen LogP contribution in [0.1, 0.15) is 24.6 Å². The molecule has 2 aromatic heterocycles. The molecule has 1 aliphatic rings. The van der Waals surface area contributed by atoms with Crippen LogP contribution < -0.4 is 5.32 Å². The lowest BCUT2D eigenvalue weighted by Gasteiger charge is -2.17. The number of nitriles is 2. The van der Waals surface area contributed by atoms with E-state index in [9.17, 15) is 15.3 Å². The Bertz CT molecular complexity index is 1550. The van der Waals surface area contributed by atoms with Gasteiger partial charge in [0.1, 0.15) is 6.33 Å². The molecule has 8 nitrogen and oxygen atoms in total. The Morgan fingerprint density at radius 3 is 2.80 bits per heavy atom. The number of urea groups is 1. The molecule has 3 heterocycles. The summed E-state index contributed by atoms with van der Waals surface area (Å²) >= 11 is 1.37. The first-order valence-corrected chi connectivity index (χ1v) is 11.9. The summed E-state index contributed by atoms with van der Waals surface area (Å²) in [6.07, 6.45) is 2.19. The Hall–Kier alpha value is -4.34. The lowest BCUT2D eigenvalue weighted by molar-refractivity contribution is 0.219. The lowest BCUT2D eigenvalue weighted by Crippen LogP contribution is -2.34. The van der Waals surface area contributed by atoms with Crippen LogP contribution >= 0.6 is 11.3 Å². The molecule has 1 saturated heterocycles. The van der Waals surface area contributed by atoms with Gasteiger partial charge in [0, 0.05) is 29.7 Å². The number of hydrogen-bond acceptors (Lipinski definition) is 7. The second-order valence-electron chi connectivity index (χ2n) is 8.85. The van der Waals surface area contributed by atoms with Crippen LogP contribution in [0.4, 0.5) is 9.93 Å². The van der Waals surface area contributed by atoms with Crippen molar-refractivity contribution in [3.63, 3.8) is 0 Å². The zero-order chi connectivity index (χ0) is 24.6. The molecule has 172 valence electrons. The number of nitrogens with zero attached hydrogens (tertiary/aromatic N) is 6. The summed E-state index contributed by atoms with van der Waals surface area (Å²) in [5.74, 6) is 0. The van der Waals surface area contributed by atoms with Gasteiger partial charge in [-0.3, -0.25) is 5.32 Å². The molecule has 1 aliphatic heterocycles. The second-order valence-corrected chi connectivity index (χ2v) is 9.85. The molecule has 1 atom stereocenters. The van der Waals surface area contributed by atoms with E-state index in [1.165, 1.54) is 11.3 Å². The van der Waals surface area contributed by atoms with Crippen molar-refractivity contribution in [2.24, 2.45) is 5.41 Å². The third-order valence-corrected chi connectivity index (χ3v) is 7.25. The summed E-state index contributed by atoms with van der Waals surface area (Å²) in [7, 11) is 0. The van der Waals surface area contributed by atoms with E-state index in [2.05, 4.69) is 27.4 Å². The van der Waals surface area contributed by atoms with Crippen LogP contribution in [-0.4, -0.2) is 39.0 Å². The van der Waals surface area contributed by atoms with Gasteiger partial charge in [-0.25, -0.2) is 19.7 Å². The topological polar surface area (TPSA) is 119 Å². The van der Waals surface area contributed by atoms with Gasteiger partial charge in [0.25, 0.3) is 0 Å². The largest absolute Gasteiger partial charge is 0.323 e. The minimum atomic E-state index is -0.528. The van der Waals surface area contributed by atoms with E-state index < -0.39 is 5.41 Å². The number of rotatable bonds is 3. The van der Waals surface area contributed by atoms with Gasteiger partial charge in [-0.2, -0.15) is 10.5 Å². The highest BCUT2D eigenvalue weighted by Crippen LogP contribution is 2.40. The molecule has 5 rings (SSSR count). The fraction of sp³-hybridized carbons (Fsp3) is 0.231. The van der Waals surface area contributed by atoms with Gasteiger partial charge in [-0.05, 0) is 50.1 Å². The second kappa shape index (κ2) is 8.79. The van der Waals surface area contributed by atoms with Crippen molar-refractivity contribution in [3.8, 4) is 33.8 Å². The van der Waals surface area contributed by atoms with Gasteiger partial charge in [-0.1, -0.05) is 29.5 Å². The average Bonchev–Trinajstić information content (AvgIpc) is 3.49. The van der Waals surface area contributed by atoms with Crippen molar-refractivity contribution >= 4 is 33.4 Å². The van der Waals surface area contributed by atoms with Crippen LogP contribution in [0.3, 0.4) is 0 Å². The number of thiazole rings is 1. The summed E-state index contributed by atoms with van der Waals surface area (Å²) in [6, 6.07) is 17.4. The van der Waals surface area contributed by atoms with Crippen molar-refractivity contribution in [2.75, 3.05) is 18.4 Å². The molecule has 0 radical (unpaired) electrons. The van der Waals surface area contributed by atoms with E-state index in [1.807, 2.05) is 44.2 Å². The zero-order valence-electron chi connectivity index (χ0n) is 19.2. The predicted octanol–water partition coefficient (Wildman–Crippen LogP) is 5.37. The molecular weight excluding hydrogens is 458 g/mol. The Balaban J connectivity index is 1.56. The highest BCUT2D eigenvalue weighted by Gasteiger charge is 2.36. The molecule has 1 fully saturated rings. The Morgan fingerprint density at radius 2 is 2.03 bits per heavy atom. The van der Waals surface area contributed by atoms with Gasteiger partial charge in [0.05, 0.1) is 39.2 Å². The van der Waals surface area contributed by atoms with Crippen LogP contribution in [0, 0.1) is 35.0 Å². The number of carbonyl (C=O) groups excluding carboxylic acids is 1. The smallest absolute Gasteiger partial charge is 0.323 e. The van der Waals surface area contributed by atoms with E-state index in [-0.39, 0.29) is 6.03 Å². The first kappa shape index (κ1) is 22.5. The van der Waals surface area contributed by atoms with Gasteiger partial charge in [0.15, 0.2) is 5.13 Å². The number of fused-ring (bicyclic) bond motifs is 1. The standard InChI is InChI=1S/C26H21N7OS/c1-16-20-11-19(6-7-21(20)30-15-29-16)23-22(18-5-3-4-17(10-18)12-27)31-24(35-23)32-25(34)33-9-8-26(2,13-28)14-33/h3-7,10-11,15H,8-9,14H2,1-2H3,(H,31,32,34)/t26-/m1/s1. The highest BCUT2D eigenvalue weighted by molar-refractivity contribution is 7.19. The van der Waals surface area contributed by atoms with Crippen LogP contribution in [0.5, 0.6) is 0 Å². The van der Waals surface area contributed by atoms with Gasteiger partial charge >= 0.3 is 6.03 Å². The van der Waals surface area contributed by atoms with Crippen LogP contribution in [0.2, 0.25) is 0 Å². The first-order chi connectivity index (χ1) is 16.9. The van der Waals surface area contributed by atoms with Crippen molar-refractivity contribution in [2.45, 2.75) is 20.3 Å². The van der Waals surface area contributed by atoms with E-state index in [0.29, 0.717) is 35.9 Å². The third-order valence-electron chi connectivity index (χ3n) is 6.23. The minimum Gasteiger partial charge on any atom is -0.323 e. The molecule has 0 saturated carbocycles. The van der Waals surface area contributed by atoms with Crippen LogP contribution in [0.15, 0.2) is 48.8 Å². The van der Waals surface area contributed by atoms with Crippen molar-refractivity contribution in [1.29, 1.82) is 10.5 Å². The number of hydrogen-bond donors (Lipinski definition) is 1. The normalized spacial score (nSPS) is 17.2. The molecule has 0 aliphatic carbocycles. The molecule has 35 heavy (non-hydrogen) atoms. The van der Waals surface area contributed by atoms with Gasteiger partial charge in [0.2, 0.25) is 0 Å². The fourth-order valence-corrected chi connectivity index (χ4v) is 5.20. The maximum Gasteiger partial charge on any atom is 0.323 e. The van der Waals surface area contributed by atoms with Gasteiger partial charge < -0.3 is 4.90 Å². The maximum absolute atomic E-state index is 12.9. The zero-order valence-corrected chi connectivity index (χ0v) is 20.1. The fourth-order valence-electron chi connectivity index (χ4n) is 4.22. The van der Waals surface area contributed by atoms with Crippen LogP contribution in [0.25, 0.3) is 32.6 Å². The summed E-state index contributed by atoms with van der Waals surface area (Å²) in [5.41, 5.74) is 4.11. The van der Waals surface area contributed by atoms with E-state index >= 15 is 0 Å². The summed E-state index contributed by atoms with van der Waals surface area (Å²) < 4.78 is 0. The molecule has 9 heteroatoms. The molecule has 0 bridgehead atoms. The lowest BCUT2D eigenvalue weighted by atomic mass is 9.92.